The standard InChI is InChI=1S/C6H15NO3/c1-4-8-10-6(3)9-5(2)7/h5-6H,4,7H2,1-3H3. The first-order valence-electron chi connectivity index (χ1n) is 3.36. The van der Waals surface area contributed by atoms with Crippen molar-refractivity contribution in [3.8, 4) is 0 Å². The quantitative estimate of drug-likeness (QED) is 0.354. The third-order valence-corrected chi connectivity index (χ3v) is 0.728. The van der Waals surface area contributed by atoms with Gasteiger partial charge in [-0.25, -0.2) is 9.78 Å². The monoisotopic (exact) mass is 149 g/mol. The van der Waals surface area contributed by atoms with E-state index < -0.39 is 6.29 Å². The van der Waals surface area contributed by atoms with Crippen LogP contribution >= 0.6 is 0 Å². The van der Waals surface area contributed by atoms with Crippen molar-refractivity contribution in [1.29, 1.82) is 0 Å². The summed E-state index contributed by atoms with van der Waals surface area (Å²) >= 11 is 0. The van der Waals surface area contributed by atoms with Crippen molar-refractivity contribution in [2.24, 2.45) is 5.73 Å². The minimum absolute atomic E-state index is 0.324. The Morgan fingerprint density at radius 1 is 1.40 bits per heavy atom. The Morgan fingerprint density at radius 3 is 2.40 bits per heavy atom. The average molecular weight is 149 g/mol. The fraction of sp³-hybridized carbons (Fsp3) is 1.00. The van der Waals surface area contributed by atoms with Crippen molar-refractivity contribution in [2.45, 2.75) is 33.3 Å². The lowest BCUT2D eigenvalue weighted by Gasteiger charge is -2.14. The van der Waals surface area contributed by atoms with Gasteiger partial charge in [-0.2, -0.15) is 0 Å². The molecule has 0 aromatic rings. The first-order chi connectivity index (χ1) is 4.66. The summed E-state index contributed by atoms with van der Waals surface area (Å²) in [7, 11) is 0. The SMILES string of the molecule is CCOOC(C)OC(C)N. The zero-order valence-electron chi connectivity index (χ0n) is 6.66. The van der Waals surface area contributed by atoms with E-state index in [0.717, 1.165) is 0 Å². The molecular weight excluding hydrogens is 134 g/mol. The van der Waals surface area contributed by atoms with Gasteiger partial charge in [0.05, 0.1) is 6.61 Å². The highest BCUT2D eigenvalue weighted by molar-refractivity contribution is 4.33. The number of hydrogen-bond donors (Lipinski definition) is 1. The van der Waals surface area contributed by atoms with Gasteiger partial charge in [-0.05, 0) is 20.8 Å². The molecule has 0 fully saturated rings. The van der Waals surface area contributed by atoms with Crippen molar-refractivity contribution in [1.82, 2.24) is 0 Å². The summed E-state index contributed by atoms with van der Waals surface area (Å²) in [5, 5.41) is 0. The molecule has 0 saturated heterocycles. The zero-order valence-corrected chi connectivity index (χ0v) is 6.66. The summed E-state index contributed by atoms with van der Waals surface area (Å²) in [5.41, 5.74) is 5.31. The van der Waals surface area contributed by atoms with E-state index in [1.165, 1.54) is 0 Å². The van der Waals surface area contributed by atoms with Gasteiger partial charge in [0, 0.05) is 0 Å². The maximum absolute atomic E-state index is 5.31. The lowest BCUT2D eigenvalue weighted by molar-refractivity contribution is -0.376. The number of ether oxygens (including phenoxy) is 1. The molecule has 0 saturated carbocycles. The summed E-state index contributed by atoms with van der Waals surface area (Å²) < 4.78 is 4.98. The summed E-state index contributed by atoms with van der Waals surface area (Å²) in [6.07, 6.45) is -0.726. The highest BCUT2D eigenvalue weighted by atomic mass is 17.2. The predicted molar refractivity (Wildman–Crippen MR) is 36.9 cm³/mol. The van der Waals surface area contributed by atoms with E-state index in [1.54, 1.807) is 13.8 Å². The van der Waals surface area contributed by atoms with Crippen LogP contribution in [0.2, 0.25) is 0 Å². The molecule has 4 heteroatoms. The van der Waals surface area contributed by atoms with E-state index in [9.17, 15) is 0 Å². The van der Waals surface area contributed by atoms with Crippen molar-refractivity contribution < 1.29 is 14.5 Å². The highest BCUT2D eigenvalue weighted by Gasteiger charge is 2.04. The maximum atomic E-state index is 5.31. The molecular formula is C6H15NO3. The number of rotatable bonds is 5. The van der Waals surface area contributed by atoms with Gasteiger partial charge in [0.2, 0.25) is 0 Å². The normalized spacial score (nSPS) is 16.8. The number of nitrogens with two attached hydrogens (primary N) is 1. The first-order valence-corrected chi connectivity index (χ1v) is 3.36. The van der Waals surface area contributed by atoms with E-state index in [2.05, 4.69) is 4.89 Å². The van der Waals surface area contributed by atoms with Crippen LogP contribution in [0.1, 0.15) is 20.8 Å². The van der Waals surface area contributed by atoms with Gasteiger partial charge < -0.3 is 10.5 Å². The largest absolute Gasteiger partial charge is 0.332 e. The second kappa shape index (κ2) is 5.61. The maximum Gasteiger partial charge on any atom is 0.190 e. The van der Waals surface area contributed by atoms with Crippen LogP contribution in [-0.2, 0) is 14.5 Å². The van der Waals surface area contributed by atoms with Crippen LogP contribution in [0.15, 0.2) is 0 Å². The smallest absolute Gasteiger partial charge is 0.190 e. The Morgan fingerprint density at radius 2 is 2.00 bits per heavy atom. The van der Waals surface area contributed by atoms with Gasteiger partial charge in [-0.1, -0.05) is 0 Å². The molecule has 0 spiro atoms. The third kappa shape index (κ3) is 5.97. The molecule has 2 N–H and O–H groups in total. The molecule has 0 heterocycles. The van der Waals surface area contributed by atoms with Gasteiger partial charge in [0.1, 0.15) is 6.23 Å². The topological polar surface area (TPSA) is 53.7 Å². The van der Waals surface area contributed by atoms with E-state index in [1.807, 2.05) is 6.92 Å². The Bertz CT molecular complexity index is 77.4. The molecule has 0 aliphatic carbocycles. The molecule has 0 aliphatic rings. The van der Waals surface area contributed by atoms with Crippen LogP contribution in [0.5, 0.6) is 0 Å². The van der Waals surface area contributed by atoms with Crippen molar-refractivity contribution in [2.75, 3.05) is 6.61 Å². The molecule has 10 heavy (non-hydrogen) atoms. The number of hydrogen-bond acceptors (Lipinski definition) is 4. The van der Waals surface area contributed by atoms with Gasteiger partial charge in [0.25, 0.3) is 0 Å². The molecule has 62 valence electrons. The molecule has 0 amide bonds. The molecule has 0 bridgehead atoms. The van der Waals surface area contributed by atoms with Crippen LogP contribution in [0.25, 0.3) is 0 Å². The fourth-order valence-corrected chi connectivity index (χ4v) is 0.489. The van der Waals surface area contributed by atoms with Gasteiger partial charge in [-0.3, -0.25) is 0 Å². The summed E-state index contributed by atoms with van der Waals surface area (Å²) in [5.74, 6) is 0. The Kier molecular flexibility index (Phi) is 5.52. The van der Waals surface area contributed by atoms with Crippen molar-refractivity contribution >= 4 is 0 Å². The van der Waals surface area contributed by atoms with Crippen LogP contribution in [-0.4, -0.2) is 19.1 Å². The van der Waals surface area contributed by atoms with E-state index in [0.29, 0.717) is 6.61 Å². The highest BCUT2D eigenvalue weighted by Crippen LogP contribution is 1.95. The van der Waals surface area contributed by atoms with E-state index in [4.69, 9.17) is 15.4 Å². The van der Waals surface area contributed by atoms with Crippen LogP contribution in [0, 0.1) is 0 Å². The Labute approximate surface area is 61.2 Å². The van der Waals surface area contributed by atoms with Crippen LogP contribution in [0.3, 0.4) is 0 Å². The summed E-state index contributed by atoms with van der Waals surface area (Å²) in [6.45, 7) is 5.79. The molecule has 0 rings (SSSR count). The van der Waals surface area contributed by atoms with Gasteiger partial charge in [0.15, 0.2) is 6.29 Å². The molecule has 2 unspecified atom stereocenters. The Balaban J connectivity index is 3.16. The minimum atomic E-state index is -0.403. The van der Waals surface area contributed by atoms with Crippen LogP contribution < -0.4 is 5.73 Å². The fourth-order valence-electron chi connectivity index (χ4n) is 0.489. The van der Waals surface area contributed by atoms with Crippen LogP contribution in [0.4, 0.5) is 0 Å². The molecule has 0 aromatic heterocycles. The second-order valence-electron chi connectivity index (χ2n) is 1.91. The van der Waals surface area contributed by atoms with Crippen molar-refractivity contribution in [3.05, 3.63) is 0 Å². The summed E-state index contributed by atoms with van der Waals surface area (Å²) in [6, 6.07) is 0. The lowest BCUT2D eigenvalue weighted by Crippen LogP contribution is -2.26. The molecule has 0 radical (unpaired) electrons. The first kappa shape index (κ1) is 9.84. The van der Waals surface area contributed by atoms with Gasteiger partial charge >= 0.3 is 0 Å². The zero-order chi connectivity index (χ0) is 7.98. The van der Waals surface area contributed by atoms with Crippen molar-refractivity contribution in [3.63, 3.8) is 0 Å². The molecule has 4 nitrogen and oxygen atoms in total. The average Bonchev–Trinajstić information content (AvgIpc) is 1.82. The molecule has 2 atom stereocenters. The molecule has 0 aromatic carbocycles. The third-order valence-electron chi connectivity index (χ3n) is 0.728. The lowest BCUT2D eigenvalue weighted by atomic mass is 10.6. The van der Waals surface area contributed by atoms with E-state index in [-0.39, 0.29) is 6.23 Å². The van der Waals surface area contributed by atoms with E-state index >= 15 is 0 Å². The second-order valence-corrected chi connectivity index (χ2v) is 1.91. The minimum Gasteiger partial charge on any atom is -0.332 e. The summed E-state index contributed by atoms with van der Waals surface area (Å²) in [4.78, 5) is 9.32. The molecule has 0 aliphatic heterocycles. The Hall–Kier alpha value is -0.160. The predicted octanol–water partition coefficient (Wildman–Crippen LogP) is 0.622. The van der Waals surface area contributed by atoms with Gasteiger partial charge in [-0.15, -0.1) is 0 Å².